The molecule has 2 heterocycles. The van der Waals surface area contributed by atoms with E-state index >= 15 is 0 Å². The minimum Gasteiger partial charge on any atom is -0.390 e. The fraction of sp³-hybridized carbons (Fsp3) is 0.750. The van der Waals surface area contributed by atoms with Crippen LogP contribution in [0.1, 0.15) is 30.3 Å². The minimum absolute atomic E-state index is 0.124. The minimum atomic E-state index is -0.606. The number of primary amides is 1. The van der Waals surface area contributed by atoms with E-state index in [9.17, 15) is 9.90 Å². The van der Waals surface area contributed by atoms with Crippen molar-refractivity contribution in [1.29, 1.82) is 0 Å². The first kappa shape index (κ1) is 14.0. The second kappa shape index (κ2) is 6.12. The Morgan fingerprint density at radius 1 is 1.53 bits per heavy atom. The van der Waals surface area contributed by atoms with Crippen molar-refractivity contribution >= 4 is 5.91 Å². The maximum absolute atomic E-state index is 10.9. The number of rotatable bonds is 5. The molecule has 1 unspecified atom stereocenters. The number of aliphatic hydroxyl groups excluding tert-OH is 1. The van der Waals surface area contributed by atoms with E-state index in [1.807, 2.05) is 0 Å². The molecule has 0 aliphatic carbocycles. The van der Waals surface area contributed by atoms with E-state index in [0.29, 0.717) is 13.1 Å². The van der Waals surface area contributed by atoms with Gasteiger partial charge in [-0.15, -0.1) is 5.10 Å². The molecule has 1 aliphatic heterocycles. The zero-order valence-electron chi connectivity index (χ0n) is 11.2. The zero-order chi connectivity index (χ0) is 13.8. The summed E-state index contributed by atoms with van der Waals surface area (Å²) < 4.78 is 1.46. The van der Waals surface area contributed by atoms with Gasteiger partial charge >= 0.3 is 0 Å². The lowest BCUT2D eigenvalue weighted by Gasteiger charge is -2.31. The first-order valence-corrected chi connectivity index (χ1v) is 6.65. The molecule has 1 aliphatic rings. The molecule has 0 spiro atoms. The Labute approximate surface area is 112 Å². The van der Waals surface area contributed by atoms with Crippen molar-refractivity contribution in [2.24, 2.45) is 11.7 Å². The molecule has 1 atom stereocenters. The van der Waals surface area contributed by atoms with Gasteiger partial charge in [0.25, 0.3) is 5.91 Å². The molecule has 2 rings (SSSR count). The molecule has 19 heavy (non-hydrogen) atoms. The number of carbonyl (C=O) groups is 1. The Bertz CT molecular complexity index is 426. The second-order valence-corrected chi connectivity index (χ2v) is 5.33. The van der Waals surface area contributed by atoms with E-state index in [1.165, 1.54) is 23.7 Å². The third-order valence-electron chi connectivity index (χ3n) is 3.53. The molecule has 0 bridgehead atoms. The lowest BCUT2D eigenvalue weighted by atomic mass is 9.99. The van der Waals surface area contributed by atoms with Gasteiger partial charge in [0.2, 0.25) is 0 Å². The van der Waals surface area contributed by atoms with Crippen LogP contribution in [-0.4, -0.2) is 56.6 Å². The lowest BCUT2D eigenvalue weighted by molar-refractivity contribution is 0.0773. The Morgan fingerprint density at radius 3 is 2.79 bits per heavy atom. The number of nitrogens with two attached hydrogens (primary N) is 1. The molecule has 1 amide bonds. The van der Waals surface area contributed by atoms with E-state index < -0.39 is 12.0 Å². The molecule has 0 saturated carbocycles. The highest BCUT2D eigenvalue weighted by molar-refractivity contribution is 5.90. The fourth-order valence-corrected chi connectivity index (χ4v) is 2.32. The summed E-state index contributed by atoms with van der Waals surface area (Å²) >= 11 is 0. The van der Waals surface area contributed by atoms with Gasteiger partial charge in [-0.3, -0.25) is 4.79 Å². The number of hydrogen-bond acceptors (Lipinski definition) is 5. The van der Waals surface area contributed by atoms with Crippen molar-refractivity contribution in [3.63, 3.8) is 0 Å². The SMILES string of the molecule is CC1CCN(CC(O)Cn2cc(C(N)=O)nn2)CC1. The lowest BCUT2D eigenvalue weighted by Crippen LogP contribution is -2.39. The Morgan fingerprint density at radius 2 is 2.21 bits per heavy atom. The molecule has 106 valence electrons. The molecule has 1 saturated heterocycles. The van der Waals surface area contributed by atoms with Crippen LogP contribution in [0.25, 0.3) is 0 Å². The van der Waals surface area contributed by atoms with Crippen LogP contribution in [0.2, 0.25) is 0 Å². The van der Waals surface area contributed by atoms with Crippen LogP contribution >= 0.6 is 0 Å². The highest BCUT2D eigenvalue weighted by Gasteiger charge is 2.19. The van der Waals surface area contributed by atoms with Crippen molar-refractivity contribution in [2.75, 3.05) is 19.6 Å². The van der Waals surface area contributed by atoms with Crippen molar-refractivity contribution in [1.82, 2.24) is 19.9 Å². The summed E-state index contributed by atoms with van der Waals surface area (Å²) in [6.07, 6.45) is 3.31. The summed E-state index contributed by atoms with van der Waals surface area (Å²) in [4.78, 5) is 13.1. The van der Waals surface area contributed by atoms with Crippen molar-refractivity contribution in [3.05, 3.63) is 11.9 Å². The summed E-state index contributed by atoms with van der Waals surface area (Å²) in [7, 11) is 0. The number of amides is 1. The fourth-order valence-electron chi connectivity index (χ4n) is 2.32. The summed E-state index contributed by atoms with van der Waals surface area (Å²) in [5, 5.41) is 17.4. The Kier molecular flexibility index (Phi) is 4.49. The van der Waals surface area contributed by atoms with Gasteiger partial charge in [0.05, 0.1) is 18.8 Å². The zero-order valence-corrected chi connectivity index (χ0v) is 11.2. The van der Waals surface area contributed by atoms with Gasteiger partial charge in [-0.05, 0) is 31.8 Å². The molecular formula is C12H21N5O2. The first-order chi connectivity index (χ1) is 9.04. The summed E-state index contributed by atoms with van der Waals surface area (Å²) in [6, 6.07) is 0. The normalized spacial score (nSPS) is 19.5. The smallest absolute Gasteiger partial charge is 0.270 e. The number of β-amino-alcohol motifs (C(OH)–C–C–N with tert-alkyl or cyclic N) is 1. The third-order valence-corrected chi connectivity index (χ3v) is 3.53. The maximum Gasteiger partial charge on any atom is 0.270 e. The molecule has 7 nitrogen and oxygen atoms in total. The van der Waals surface area contributed by atoms with Gasteiger partial charge in [0, 0.05) is 6.54 Å². The molecule has 1 aromatic rings. The number of likely N-dealkylation sites (tertiary alicyclic amines) is 1. The van der Waals surface area contributed by atoms with Gasteiger partial charge in [0.15, 0.2) is 5.69 Å². The van der Waals surface area contributed by atoms with Gasteiger partial charge < -0.3 is 15.7 Å². The van der Waals surface area contributed by atoms with E-state index in [1.54, 1.807) is 0 Å². The topological polar surface area (TPSA) is 97.3 Å². The van der Waals surface area contributed by atoms with Gasteiger partial charge in [-0.25, -0.2) is 4.68 Å². The Hall–Kier alpha value is -1.47. The number of hydrogen-bond donors (Lipinski definition) is 2. The predicted octanol–water partition coefficient (Wildman–Crippen LogP) is -0.530. The highest BCUT2D eigenvalue weighted by Crippen LogP contribution is 2.16. The monoisotopic (exact) mass is 267 g/mol. The number of carbonyl (C=O) groups excluding carboxylic acids is 1. The van der Waals surface area contributed by atoms with Gasteiger partial charge in [0.1, 0.15) is 0 Å². The second-order valence-electron chi connectivity index (χ2n) is 5.33. The van der Waals surface area contributed by atoms with Crippen molar-refractivity contribution in [2.45, 2.75) is 32.4 Å². The quantitative estimate of drug-likeness (QED) is 0.747. The van der Waals surface area contributed by atoms with Crippen LogP contribution in [0, 0.1) is 5.92 Å². The molecule has 7 heteroatoms. The third kappa shape index (κ3) is 4.00. The van der Waals surface area contributed by atoms with Crippen LogP contribution in [0.4, 0.5) is 0 Å². The molecule has 1 fully saturated rings. The predicted molar refractivity (Wildman–Crippen MR) is 69.4 cm³/mol. The number of piperidine rings is 1. The Balaban J connectivity index is 1.80. The van der Waals surface area contributed by atoms with Crippen molar-refractivity contribution < 1.29 is 9.90 Å². The van der Waals surface area contributed by atoms with E-state index in [-0.39, 0.29) is 5.69 Å². The average molecular weight is 267 g/mol. The highest BCUT2D eigenvalue weighted by atomic mass is 16.3. The molecule has 0 aromatic carbocycles. The largest absolute Gasteiger partial charge is 0.390 e. The summed E-state index contributed by atoms with van der Waals surface area (Å²) in [5.74, 6) is 0.174. The van der Waals surface area contributed by atoms with E-state index in [2.05, 4.69) is 22.1 Å². The number of aliphatic hydroxyl groups is 1. The van der Waals surface area contributed by atoms with Crippen molar-refractivity contribution in [3.8, 4) is 0 Å². The van der Waals surface area contributed by atoms with E-state index in [0.717, 1.165) is 19.0 Å². The molecule has 1 aromatic heterocycles. The van der Waals surface area contributed by atoms with Crippen LogP contribution in [0.3, 0.4) is 0 Å². The maximum atomic E-state index is 10.9. The molecular weight excluding hydrogens is 246 g/mol. The van der Waals surface area contributed by atoms with E-state index in [4.69, 9.17) is 5.73 Å². The first-order valence-electron chi connectivity index (χ1n) is 6.65. The number of aromatic nitrogens is 3. The summed E-state index contributed by atoms with van der Waals surface area (Å²) in [5.41, 5.74) is 5.22. The molecule has 3 N–H and O–H groups in total. The summed E-state index contributed by atoms with van der Waals surface area (Å²) in [6.45, 7) is 5.27. The average Bonchev–Trinajstić information content (AvgIpc) is 2.80. The van der Waals surface area contributed by atoms with Gasteiger partial charge in [-0.2, -0.15) is 0 Å². The van der Waals surface area contributed by atoms with Crippen LogP contribution in [0.5, 0.6) is 0 Å². The van der Waals surface area contributed by atoms with Crippen LogP contribution < -0.4 is 5.73 Å². The number of nitrogens with zero attached hydrogens (tertiary/aromatic N) is 4. The van der Waals surface area contributed by atoms with Crippen LogP contribution in [-0.2, 0) is 6.54 Å². The van der Waals surface area contributed by atoms with Gasteiger partial charge in [-0.1, -0.05) is 12.1 Å². The van der Waals surface area contributed by atoms with Crippen LogP contribution in [0.15, 0.2) is 6.20 Å². The standard InChI is InChI=1S/C12H21N5O2/c1-9-2-4-16(5-3-9)6-10(18)7-17-8-11(12(13)19)14-15-17/h8-10,18H,2-7H2,1H3,(H2,13,19). The molecule has 0 radical (unpaired) electrons.